The average molecular weight is 375 g/mol. The van der Waals surface area contributed by atoms with Crippen LogP contribution in [0, 0.1) is 11.3 Å². The maximum absolute atomic E-state index is 12.6. The predicted octanol–water partition coefficient (Wildman–Crippen LogP) is 2.14. The van der Waals surface area contributed by atoms with Gasteiger partial charge in [0.05, 0.1) is 17.5 Å². The Kier molecular flexibility index (Phi) is 5.18. The van der Waals surface area contributed by atoms with E-state index in [1.165, 1.54) is 34.7 Å². The van der Waals surface area contributed by atoms with E-state index in [-0.39, 0.29) is 23.8 Å². The molecule has 0 saturated heterocycles. The minimum absolute atomic E-state index is 0.0659. The lowest BCUT2D eigenvalue weighted by atomic mass is 10.1. The molecule has 0 bridgehead atoms. The number of carbonyl (C=O) groups is 1. The lowest BCUT2D eigenvalue weighted by molar-refractivity contribution is 0.0737. The third-order valence-corrected chi connectivity index (χ3v) is 6.48. The number of rotatable bonds is 5. The molecule has 0 atom stereocenters. The van der Waals surface area contributed by atoms with Crippen LogP contribution >= 0.6 is 11.3 Å². The molecule has 1 amide bonds. The highest BCUT2D eigenvalue weighted by Gasteiger charge is 2.23. The molecule has 0 aliphatic carbocycles. The number of nitrogens with one attached hydrogen (secondary N) is 1. The van der Waals surface area contributed by atoms with Crippen LogP contribution in [-0.4, -0.2) is 32.3 Å². The minimum atomic E-state index is -3.66. The highest BCUT2D eigenvalue weighted by Crippen LogP contribution is 2.25. The first-order chi connectivity index (χ1) is 12.0. The Hall–Kier alpha value is -2.21. The summed E-state index contributed by atoms with van der Waals surface area (Å²) in [4.78, 5) is 15.7. The first-order valence-electron chi connectivity index (χ1n) is 7.82. The summed E-state index contributed by atoms with van der Waals surface area (Å²) in [6.07, 6.45) is 0.954. The van der Waals surface area contributed by atoms with Gasteiger partial charge in [-0.3, -0.25) is 4.79 Å². The predicted molar refractivity (Wildman–Crippen MR) is 94.6 cm³/mol. The summed E-state index contributed by atoms with van der Waals surface area (Å²) in [5.41, 5.74) is 1.77. The maximum Gasteiger partial charge on any atom is 0.254 e. The topological polar surface area (TPSA) is 90.3 Å². The highest BCUT2D eigenvalue weighted by atomic mass is 32.2. The Balaban J connectivity index is 1.70. The number of fused-ring (bicyclic) bond motifs is 1. The molecule has 6 nitrogen and oxygen atoms in total. The van der Waals surface area contributed by atoms with Gasteiger partial charge in [-0.1, -0.05) is 0 Å². The van der Waals surface area contributed by atoms with Crippen molar-refractivity contribution in [2.24, 2.45) is 0 Å². The molecule has 1 aliphatic rings. The number of nitriles is 1. The summed E-state index contributed by atoms with van der Waals surface area (Å²) in [5, 5.41) is 10.5. The standard InChI is InChI=1S/C17H17N3O3S2/c18-8-1-9-19-25(22,23)15-4-2-14(3-5-15)17(21)20-10-6-13-7-11-24-16(13)12-20/h2-5,7,11,19H,1,6,9-10,12H2. The Morgan fingerprint density at radius 2 is 2.04 bits per heavy atom. The monoisotopic (exact) mass is 375 g/mol. The first-order valence-corrected chi connectivity index (χ1v) is 10.2. The van der Waals surface area contributed by atoms with E-state index in [4.69, 9.17) is 5.26 Å². The van der Waals surface area contributed by atoms with E-state index in [9.17, 15) is 13.2 Å². The Morgan fingerprint density at radius 3 is 2.76 bits per heavy atom. The van der Waals surface area contributed by atoms with Crippen molar-refractivity contribution in [1.29, 1.82) is 5.26 Å². The van der Waals surface area contributed by atoms with Gasteiger partial charge >= 0.3 is 0 Å². The van der Waals surface area contributed by atoms with Crippen LogP contribution in [0.25, 0.3) is 0 Å². The fraction of sp³-hybridized carbons (Fsp3) is 0.294. The Labute approximate surface area is 150 Å². The van der Waals surface area contributed by atoms with Gasteiger partial charge < -0.3 is 4.90 Å². The van der Waals surface area contributed by atoms with Crippen LogP contribution in [0.3, 0.4) is 0 Å². The molecule has 1 aromatic heterocycles. The molecule has 25 heavy (non-hydrogen) atoms. The zero-order chi connectivity index (χ0) is 17.9. The van der Waals surface area contributed by atoms with Gasteiger partial charge in [0.25, 0.3) is 5.91 Å². The largest absolute Gasteiger partial charge is 0.333 e. The summed E-state index contributed by atoms with van der Waals surface area (Å²) in [6, 6.07) is 9.88. The molecule has 0 fully saturated rings. The highest BCUT2D eigenvalue weighted by molar-refractivity contribution is 7.89. The molecule has 0 radical (unpaired) electrons. The SMILES string of the molecule is N#CCCNS(=O)(=O)c1ccc(C(=O)N2CCc3ccsc3C2)cc1. The van der Waals surface area contributed by atoms with Crippen LogP contribution in [0.5, 0.6) is 0 Å². The second-order valence-corrected chi connectivity index (χ2v) is 8.44. The number of hydrogen-bond acceptors (Lipinski definition) is 5. The van der Waals surface area contributed by atoms with Gasteiger partial charge in [0.2, 0.25) is 10.0 Å². The van der Waals surface area contributed by atoms with Gasteiger partial charge in [-0.15, -0.1) is 11.3 Å². The van der Waals surface area contributed by atoms with Crippen molar-refractivity contribution in [3.63, 3.8) is 0 Å². The second kappa shape index (κ2) is 7.35. The fourth-order valence-electron chi connectivity index (χ4n) is 2.69. The van der Waals surface area contributed by atoms with Gasteiger partial charge in [-0.25, -0.2) is 13.1 Å². The van der Waals surface area contributed by atoms with Crippen LogP contribution in [0.1, 0.15) is 27.2 Å². The van der Waals surface area contributed by atoms with E-state index in [2.05, 4.69) is 10.8 Å². The summed E-state index contributed by atoms with van der Waals surface area (Å²) in [5.74, 6) is -0.0968. The lowest BCUT2D eigenvalue weighted by Crippen LogP contribution is -2.35. The van der Waals surface area contributed by atoms with Crippen LogP contribution in [0.2, 0.25) is 0 Å². The molecule has 0 saturated carbocycles. The Bertz CT molecular complexity index is 911. The van der Waals surface area contributed by atoms with Crippen molar-refractivity contribution in [3.05, 3.63) is 51.7 Å². The van der Waals surface area contributed by atoms with Crippen molar-refractivity contribution in [2.75, 3.05) is 13.1 Å². The molecule has 8 heteroatoms. The summed E-state index contributed by atoms with van der Waals surface area (Å²) in [6.45, 7) is 1.33. The van der Waals surface area contributed by atoms with Gasteiger partial charge in [-0.05, 0) is 47.7 Å². The summed E-state index contributed by atoms with van der Waals surface area (Å²) in [7, 11) is -3.66. The smallest absolute Gasteiger partial charge is 0.254 e. The third kappa shape index (κ3) is 3.90. The van der Waals surface area contributed by atoms with Crippen molar-refractivity contribution in [3.8, 4) is 6.07 Å². The molecule has 3 rings (SSSR count). The molecule has 1 aliphatic heterocycles. The van der Waals surface area contributed by atoms with E-state index >= 15 is 0 Å². The van der Waals surface area contributed by atoms with E-state index in [0.717, 1.165) is 6.42 Å². The maximum atomic E-state index is 12.6. The number of nitrogens with zero attached hydrogens (tertiary/aromatic N) is 2. The molecule has 2 heterocycles. The second-order valence-electron chi connectivity index (χ2n) is 5.68. The van der Waals surface area contributed by atoms with E-state index in [1.54, 1.807) is 16.2 Å². The molecule has 130 valence electrons. The molecule has 0 spiro atoms. The molecule has 1 aromatic carbocycles. The number of hydrogen-bond donors (Lipinski definition) is 1. The summed E-state index contributed by atoms with van der Waals surface area (Å²) >= 11 is 1.65. The lowest BCUT2D eigenvalue weighted by Gasteiger charge is -2.27. The molecule has 2 aromatic rings. The minimum Gasteiger partial charge on any atom is -0.333 e. The van der Waals surface area contributed by atoms with Crippen LogP contribution < -0.4 is 4.72 Å². The van der Waals surface area contributed by atoms with Crippen molar-refractivity contribution in [1.82, 2.24) is 9.62 Å². The van der Waals surface area contributed by atoms with E-state index in [0.29, 0.717) is 18.7 Å². The van der Waals surface area contributed by atoms with E-state index < -0.39 is 10.0 Å². The quantitative estimate of drug-likeness (QED) is 0.811. The van der Waals surface area contributed by atoms with Gasteiger partial charge in [-0.2, -0.15) is 5.26 Å². The van der Waals surface area contributed by atoms with E-state index in [1.807, 2.05) is 11.4 Å². The van der Waals surface area contributed by atoms with Gasteiger partial charge in [0.15, 0.2) is 0 Å². The van der Waals surface area contributed by atoms with Crippen molar-refractivity contribution < 1.29 is 13.2 Å². The fourth-order valence-corrected chi connectivity index (χ4v) is 4.67. The zero-order valence-electron chi connectivity index (χ0n) is 13.4. The van der Waals surface area contributed by atoms with Crippen LogP contribution in [0.15, 0.2) is 40.6 Å². The number of benzene rings is 1. The van der Waals surface area contributed by atoms with Crippen LogP contribution in [-0.2, 0) is 23.0 Å². The first kappa shape index (κ1) is 17.6. The Morgan fingerprint density at radius 1 is 1.28 bits per heavy atom. The normalized spacial score (nSPS) is 14.0. The molecular formula is C17H17N3O3S2. The van der Waals surface area contributed by atoms with Crippen molar-refractivity contribution >= 4 is 27.3 Å². The molecule has 1 N–H and O–H groups in total. The van der Waals surface area contributed by atoms with Gasteiger partial charge in [0, 0.05) is 30.0 Å². The number of carbonyl (C=O) groups excluding carboxylic acids is 1. The number of amides is 1. The third-order valence-electron chi connectivity index (χ3n) is 4.05. The van der Waals surface area contributed by atoms with Gasteiger partial charge in [0.1, 0.15) is 0 Å². The number of thiophene rings is 1. The average Bonchev–Trinajstić information content (AvgIpc) is 3.09. The molecule has 0 unspecified atom stereocenters. The van der Waals surface area contributed by atoms with Crippen LogP contribution in [0.4, 0.5) is 0 Å². The molecular weight excluding hydrogens is 358 g/mol. The zero-order valence-corrected chi connectivity index (χ0v) is 15.1. The number of sulfonamides is 1. The summed E-state index contributed by atoms with van der Waals surface area (Å²) < 4.78 is 26.5. The van der Waals surface area contributed by atoms with Crippen molar-refractivity contribution in [2.45, 2.75) is 24.3 Å².